The standard InChI is InChI=1S/C13H16BClFIN2O2/c1-7(19-17)8-5-10(15)11(13(16)3-4-13)12(14(20)21)9(8)6-18-2/h5-7,19-21H,3-4H2,1-2H3. The van der Waals surface area contributed by atoms with Gasteiger partial charge in [-0.3, -0.25) is 8.52 Å². The summed E-state index contributed by atoms with van der Waals surface area (Å²) < 4.78 is 17.6. The summed E-state index contributed by atoms with van der Waals surface area (Å²) >= 11 is 8.24. The number of hydrogen-bond donors (Lipinski definition) is 3. The number of aliphatic imine (C=N–C) groups is 1. The van der Waals surface area contributed by atoms with Gasteiger partial charge in [-0.1, -0.05) is 11.6 Å². The van der Waals surface area contributed by atoms with E-state index in [-0.39, 0.29) is 22.1 Å². The molecule has 1 atom stereocenters. The van der Waals surface area contributed by atoms with Crippen LogP contribution >= 0.6 is 34.5 Å². The molecule has 0 heterocycles. The highest BCUT2D eigenvalue weighted by molar-refractivity contribution is 14.1. The first kappa shape index (κ1) is 17.1. The van der Waals surface area contributed by atoms with Crippen LogP contribution in [0, 0.1) is 0 Å². The van der Waals surface area contributed by atoms with Crippen molar-refractivity contribution >= 4 is 53.3 Å². The smallest absolute Gasteiger partial charge is 0.423 e. The molecular weight excluding hydrogens is 408 g/mol. The minimum Gasteiger partial charge on any atom is -0.423 e. The average Bonchev–Trinajstić information content (AvgIpc) is 3.17. The van der Waals surface area contributed by atoms with E-state index in [0.717, 1.165) is 5.56 Å². The molecule has 0 radical (unpaired) electrons. The molecule has 2 rings (SSSR count). The highest BCUT2D eigenvalue weighted by atomic mass is 127. The second kappa shape index (κ2) is 6.50. The van der Waals surface area contributed by atoms with Crippen molar-refractivity contribution in [3.05, 3.63) is 27.8 Å². The number of nitrogens with one attached hydrogen (secondary N) is 1. The first-order chi connectivity index (χ1) is 9.85. The molecule has 1 unspecified atom stereocenters. The van der Waals surface area contributed by atoms with Crippen LogP contribution in [0.15, 0.2) is 11.1 Å². The van der Waals surface area contributed by atoms with Gasteiger partial charge in [0, 0.05) is 52.8 Å². The molecule has 0 saturated heterocycles. The molecule has 1 aliphatic carbocycles. The molecule has 4 nitrogen and oxygen atoms in total. The van der Waals surface area contributed by atoms with Crippen LogP contribution in [-0.2, 0) is 5.67 Å². The van der Waals surface area contributed by atoms with Gasteiger partial charge < -0.3 is 10.0 Å². The highest BCUT2D eigenvalue weighted by Crippen LogP contribution is 2.51. The van der Waals surface area contributed by atoms with E-state index in [4.69, 9.17) is 11.6 Å². The summed E-state index contributed by atoms with van der Waals surface area (Å²) in [5.74, 6) is 0. The molecule has 0 bridgehead atoms. The van der Waals surface area contributed by atoms with E-state index in [0.29, 0.717) is 18.4 Å². The molecule has 8 heteroatoms. The Morgan fingerprint density at radius 1 is 1.57 bits per heavy atom. The zero-order chi connectivity index (χ0) is 15.8. The third-order valence-corrected chi connectivity index (χ3v) is 4.91. The second-order valence-electron chi connectivity index (χ2n) is 5.21. The van der Waals surface area contributed by atoms with Crippen LogP contribution < -0.4 is 8.99 Å². The monoisotopic (exact) mass is 424 g/mol. The maximum Gasteiger partial charge on any atom is 0.489 e. The molecule has 0 aliphatic heterocycles. The van der Waals surface area contributed by atoms with Gasteiger partial charge in [0.15, 0.2) is 0 Å². The molecular formula is C13H16BClFIN2O2. The van der Waals surface area contributed by atoms with Crippen molar-refractivity contribution in [1.82, 2.24) is 3.53 Å². The quantitative estimate of drug-likeness (QED) is 0.293. The number of benzene rings is 1. The van der Waals surface area contributed by atoms with Gasteiger partial charge in [0.25, 0.3) is 0 Å². The van der Waals surface area contributed by atoms with Crippen LogP contribution in [-0.4, -0.2) is 30.4 Å². The summed E-state index contributed by atoms with van der Waals surface area (Å²) in [6, 6.07) is 1.58. The van der Waals surface area contributed by atoms with Crippen molar-refractivity contribution in [2.45, 2.75) is 31.5 Å². The fraction of sp³-hybridized carbons (Fsp3) is 0.462. The SMILES string of the molecule is CN=Cc1c(C(C)NI)cc(Cl)c(C2(F)CC2)c1B(O)O. The van der Waals surface area contributed by atoms with Crippen LogP contribution in [0.25, 0.3) is 0 Å². The largest absolute Gasteiger partial charge is 0.489 e. The van der Waals surface area contributed by atoms with E-state index in [2.05, 4.69) is 8.52 Å². The van der Waals surface area contributed by atoms with Crippen LogP contribution in [0.2, 0.25) is 5.02 Å². The molecule has 1 aliphatic rings. The maximum absolute atomic E-state index is 14.6. The Balaban J connectivity index is 2.78. The van der Waals surface area contributed by atoms with E-state index in [1.54, 1.807) is 13.1 Å². The van der Waals surface area contributed by atoms with Gasteiger partial charge in [-0.25, -0.2) is 4.39 Å². The van der Waals surface area contributed by atoms with E-state index in [1.165, 1.54) is 6.21 Å². The molecule has 0 spiro atoms. The topological polar surface area (TPSA) is 64.9 Å². The van der Waals surface area contributed by atoms with Crippen LogP contribution in [0.3, 0.4) is 0 Å². The summed E-state index contributed by atoms with van der Waals surface area (Å²) in [6.45, 7) is 1.90. The Labute approximate surface area is 142 Å². The summed E-state index contributed by atoms with van der Waals surface area (Å²) in [5.41, 5.74) is -0.0185. The summed E-state index contributed by atoms with van der Waals surface area (Å²) in [6.07, 6.45) is 2.20. The number of hydrogen-bond acceptors (Lipinski definition) is 4. The highest BCUT2D eigenvalue weighted by Gasteiger charge is 2.49. The van der Waals surface area contributed by atoms with Crippen LogP contribution in [0.4, 0.5) is 4.39 Å². The van der Waals surface area contributed by atoms with Crippen molar-refractivity contribution in [1.29, 1.82) is 0 Å². The maximum atomic E-state index is 14.6. The number of nitrogens with zero attached hydrogens (tertiary/aromatic N) is 1. The third-order valence-electron chi connectivity index (χ3n) is 3.68. The summed E-state index contributed by atoms with van der Waals surface area (Å²) in [7, 11) is -0.226. The van der Waals surface area contributed by atoms with Gasteiger partial charge in [0.1, 0.15) is 5.67 Å². The van der Waals surface area contributed by atoms with Crippen molar-refractivity contribution in [2.75, 3.05) is 7.05 Å². The first-order valence-electron chi connectivity index (χ1n) is 6.56. The van der Waals surface area contributed by atoms with Gasteiger partial charge in [-0.05, 0) is 42.4 Å². The minimum atomic E-state index is -1.81. The molecule has 1 aromatic carbocycles. The van der Waals surface area contributed by atoms with E-state index >= 15 is 0 Å². The first-order valence-corrected chi connectivity index (χ1v) is 8.01. The Morgan fingerprint density at radius 2 is 2.19 bits per heavy atom. The van der Waals surface area contributed by atoms with Gasteiger partial charge in [-0.15, -0.1) is 0 Å². The van der Waals surface area contributed by atoms with Crippen LogP contribution in [0.1, 0.15) is 42.5 Å². The summed E-state index contributed by atoms with van der Waals surface area (Å²) in [5, 5.41) is 19.7. The average molecular weight is 424 g/mol. The Bertz CT molecular complexity index is 582. The molecule has 21 heavy (non-hydrogen) atoms. The molecule has 0 amide bonds. The third kappa shape index (κ3) is 3.26. The molecule has 1 aromatic rings. The molecule has 114 valence electrons. The fourth-order valence-corrected chi connectivity index (χ4v) is 3.20. The van der Waals surface area contributed by atoms with Gasteiger partial charge in [-0.2, -0.15) is 0 Å². The summed E-state index contributed by atoms with van der Waals surface area (Å²) in [4.78, 5) is 3.96. The van der Waals surface area contributed by atoms with Gasteiger partial charge in [0.05, 0.1) is 0 Å². The number of alkyl halides is 1. The zero-order valence-corrected chi connectivity index (χ0v) is 14.6. The molecule has 3 N–H and O–H groups in total. The molecule has 0 aromatic heterocycles. The predicted octanol–water partition coefficient (Wildman–Crippen LogP) is 2.03. The number of rotatable bonds is 5. The van der Waals surface area contributed by atoms with E-state index in [1.807, 2.05) is 29.8 Å². The molecule has 1 saturated carbocycles. The lowest BCUT2D eigenvalue weighted by Gasteiger charge is -2.22. The minimum absolute atomic E-state index is 0.0996. The lowest BCUT2D eigenvalue weighted by atomic mass is 9.70. The van der Waals surface area contributed by atoms with E-state index in [9.17, 15) is 14.4 Å². The lowest BCUT2D eigenvalue weighted by molar-refractivity contribution is 0.317. The lowest BCUT2D eigenvalue weighted by Crippen LogP contribution is -2.39. The normalized spacial score (nSPS) is 18.0. The van der Waals surface area contributed by atoms with Gasteiger partial charge in [0.2, 0.25) is 0 Å². The fourth-order valence-electron chi connectivity index (χ4n) is 2.48. The van der Waals surface area contributed by atoms with Gasteiger partial charge >= 0.3 is 7.12 Å². The van der Waals surface area contributed by atoms with Crippen molar-refractivity contribution in [2.24, 2.45) is 4.99 Å². The Kier molecular flexibility index (Phi) is 5.30. The zero-order valence-electron chi connectivity index (χ0n) is 11.7. The van der Waals surface area contributed by atoms with E-state index < -0.39 is 12.8 Å². The molecule has 1 fully saturated rings. The van der Waals surface area contributed by atoms with Crippen molar-refractivity contribution < 1.29 is 14.4 Å². The van der Waals surface area contributed by atoms with Crippen molar-refractivity contribution in [3.8, 4) is 0 Å². The Morgan fingerprint density at radius 3 is 2.62 bits per heavy atom. The Hall–Kier alpha value is -0.215. The van der Waals surface area contributed by atoms with Crippen molar-refractivity contribution in [3.63, 3.8) is 0 Å². The van der Waals surface area contributed by atoms with Crippen LogP contribution in [0.5, 0.6) is 0 Å². The predicted molar refractivity (Wildman–Crippen MR) is 92.4 cm³/mol. The number of halogens is 3. The second-order valence-corrected chi connectivity index (χ2v) is 6.24.